The first-order valence-electron chi connectivity index (χ1n) is 12.2. The molecule has 0 fully saturated rings. The summed E-state index contributed by atoms with van der Waals surface area (Å²) in [7, 11) is 3.20. The number of nitrogens with one attached hydrogen (secondary N) is 1. The van der Waals surface area contributed by atoms with Crippen LogP contribution in [0.15, 0.2) is 91.0 Å². The predicted octanol–water partition coefficient (Wildman–Crippen LogP) is 6.08. The van der Waals surface area contributed by atoms with Gasteiger partial charge < -0.3 is 24.6 Å². The minimum Gasteiger partial charge on any atom is -0.508 e. The molecular formula is C31H29NO5. The molecule has 188 valence electrons. The van der Waals surface area contributed by atoms with Crippen molar-refractivity contribution in [2.24, 2.45) is 0 Å². The molecule has 0 saturated heterocycles. The van der Waals surface area contributed by atoms with Crippen LogP contribution in [0.25, 0.3) is 11.1 Å². The van der Waals surface area contributed by atoms with Gasteiger partial charge in [-0.15, -0.1) is 0 Å². The lowest BCUT2D eigenvalue weighted by Crippen LogP contribution is -2.30. The zero-order valence-corrected chi connectivity index (χ0v) is 20.8. The van der Waals surface area contributed by atoms with E-state index in [-0.39, 0.29) is 30.7 Å². The first-order chi connectivity index (χ1) is 18.1. The second kappa shape index (κ2) is 10.7. The van der Waals surface area contributed by atoms with E-state index in [2.05, 4.69) is 29.6 Å². The first kappa shape index (κ1) is 24.3. The van der Waals surface area contributed by atoms with Gasteiger partial charge in [0.1, 0.15) is 23.9 Å². The molecule has 1 unspecified atom stereocenters. The van der Waals surface area contributed by atoms with E-state index in [9.17, 15) is 9.90 Å². The number of rotatable bonds is 8. The highest BCUT2D eigenvalue weighted by molar-refractivity contribution is 5.79. The van der Waals surface area contributed by atoms with Crippen molar-refractivity contribution in [2.75, 3.05) is 27.4 Å². The highest BCUT2D eigenvalue weighted by Crippen LogP contribution is 2.44. The van der Waals surface area contributed by atoms with Crippen molar-refractivity contribution in [3.05, 3.63) is 113 Å². The number of phenols is 1. The average molecular weight is 496 g/mol. The van der Waals surface area contributed by atoms with Crippen LogP contribution < -0.4 is 14.8 Å². The number of aromatic hydroxyl groups is 1. The van der Waals surface area contributed by atoms with Crippen LogP contribution in [0, 0.1) is 0 Å². The molecule has 0 saturated carbocycles. The van der Waals surface area contributed by atoms with E-state index in [4.69, 9.17) is 14.2 Å². The molecule has 1 atom stereocenters. The average Bonchev–Trinajstić information content (AvgIpc) is 3.26. The molecule has 1 aliphatic carbocycles. The van der Waals surface area contributed by atoms with E-state index in [1.54, 1.807) is 26.4 Å². The number of benzene rings is 4. The smallest absolute Gasteiger partial charge is 0.407 e. The van der Waals surface area contributed by atoms with Gasteiger partial charge in [-0.25, -0.2) is 4.79 Å². The third-order valence-corrected chi connectivity index (χ3v) is 6.91. The van der Waals surface area contributed by atoms with Gasteiger partial charge in [0.05, 0.1) is 14.2 Å². The Morgan fingerprint density at radius 1 is 0.865 bits per heavy atom. The maximum atomic E-state index is 12.9. The Hall–Kier alpha value is -4.45. The van der Waals surface area contributed by atoms with E-state index in [0.29, 0.717) is 11.5 Å². The molecule has 1 amide bonds. The third-order valence-electron chi connectivity index (χ3n) is 6.91. The molecule has 6 heteroatoms. The van der Waals surface area contributed by atoms with E-state index in [0.717, 1.165) is 11.1 Å². The van der Waals surface area contributed by atoms with Crippen molar-refractivity contribution >= 4 is 6.09 Å². The summed E-state index contributed by atoms with van der Waals surface area (Å²) in [5, 5.41) is 12.7. The van der Waals surface area contributed by atoms with Gasteiger partial charge in [0.15, 0.2) is 0 Å². The number of fused-ring (bicyclic) bond motifs is 3. The zero-order chi connectivity index (χ0) is 25.8. The van der Waals surface area contributed by atoms with Gasteiger partial charge in [-0.1, -0.05) is 66.7 Å². The van der Waals surface area contributed by atoms with Crippen molar-refractivity contribution in [2.45, 2.75) is 11.8 Å². The Morgan fingerprint density at radius 2 is 1.51 bits per heavy atom. The summed E-state index contributed by atoms with van der Waals surface area (Å²) in [6, 6.07) is 29.0. The van der Waals surface area contributed by atoms with Crippen molar-refractivity contribution in [3.8, 4) is 28.4 Å². The minimum absolute atomic E-state index is 0.00673. The summed E-state index contributed by atoms with van der Waals surface area (Å²) in [5.41, 5.74) is 6.51. The molecule has 0 aliphatic heterocycles. The van der Waals surface area contributed by atoms with Gasteiger partial charge in [-0.2, -0.15) is 0 Å². The number of amides is 1. The molecular weight excluding hydrogens is 466 g/mol. The van der Waals surface area contributed by atoms with Crippen LogP contribution in [-0.4, -0.2) is 38.6 Å². The topological polar surface area (TPSA) is 77.0 Å². The number of carbonyl (C=O) groups is 1. The summed E-state index contributed by atoms with van der Waals surface area (Å²) in [6.45, 7) is 0.528. The lowest BCUT2D eigenvalue weighted by molar-refractivity contribution is 0.142. The first-order valence-corrected chi connectivity index (χ1v) is 12.2. The molecule has 4 aromatic rings. The van der Waals surface area contributed by atoms with Gasteiger partial charge in [0.25, 0.3) is 0 Å². The van der Waals surface area contributed by atoms with Crippen LogP contribution in [0.5, 0.6) is 17.2 Å². The number of hydrogen-bond donors (Lipinski definition) is 2. The Kier molecular flexibility index (Phi) is 6.99. The Labute approximate surface area is 216 Å². The van der Waals surface area contributed by atoms with Gasteiger partial charge in [-0.3, -0.25) is 0 Å². The molecule has 37 heavy (non-hydrogen) atoms. The van der Waals surface area contributed by atoms with Crippen molar-refractivity contribution in [1.29, 1.82) is 0 Å². The molecule has 0 aromatic heterocycles. The molecule has 0 bridgehead atoms. The maximum absolute atomic E-state index is 12.9. The summed E-state index contributed by atoms with van der Waals surface area (Å²) in [6.07, 6.45) is -0.488. The zero-order valence-electron chi connectivity index (χ0n) is 20.8. The van der Waals surface area contributed by atoms with Crippen LogP contribution in [0.2, 0.25) is 0 Å². The number of phenolic OH excluding ortho intramolecular Hbond substituents is 1. The SMILES string of the molecule is COc1ccc(C(CNC(=O)OCC2c3ccccc3-c3ccccc32)c2ccc(O)cc2)c(OC)c1. The summed E-state index contributed by atoms with van der Waals surface area (Å²) in [5.74, 6) is 1.25. The van der Waals surface area contributed by atoms with Gasteiger partial charge in [0, 0.05) is 30.0 Å². The molecule has 0 spiro atoms. The fourth-order valence-electron chi connectivity index (χ4n) is 5.06. The standard InChI is InChI=1S/C31H29NO5/c1-35-22-15-16-27(30(17-22)36-2)28(20-11-13-21(33)14-12-20)18-32-31(34)37-19-29-25-9-5-3-7-23(25)24-8-4-6-10-26(24)29/h3-17,28-29,33H,18-19H2,1-2H3,(H,32,34). The fourth-order valence-corrected chi connectivity index (χ4v) is 5.06. The summed E-state index contributed by atoms with van der Waals surface area (Å²) in [4.78, 5) is 12.9. The number of carbonyl (C=O) groups excluding carboxylic acids is 1. The number of ether oxygens (including phenoxy) is 3. The van der Waals surface area contributed by atoms with Crippen molar-refractivity contribution in [1.82, 2.24) is 5.32 Å². The fraction of sp³-hybridized carbons (Fsp3) is 0.194. The lowest BCUT2D eigenvalue weighted by Gasteiger charge is -2.22. The Morgan fingerprint density at radius 3 is 2.14 bits per heavy atom. The maximum Gasteiger partial charge on any atom is 0.407 e. The highest BCUT2D eigenvalue weighted by Gasteiger charge is 2.29. The monoisotopic (exact) mass is 495 g/mol. The van der Waals surface area contributed by atoms with Gasteiger partial charge in [-0.05, 0) is 46.0 Å². The van der Waals surface area contributed by atoms with Crippen LogP contribution in [0.4, 0.5) is 4.79 Å². The largest absolute Gasteiger partial charge is 0.508 e. The second-order valence-corrected chi connectivity index (χ2v) is 8.96. The highest BCUT2D eigenvalue weighted by atomic mass is 16.5. The van der Waals surface area contributed by atoms with Crippen LogP contribution in [-0.2, 0) is 4.74 Å². The minimum atomic E-state index is -0.488. The molecule has 2 N–H and O–H groups in total. The molecule has 6 nitrogen and oxygen atoms in total. The molecule has 0 radical (unpaired) electrons. The van der Waals surface area contributed by atoms with E-state index in [1.165, 1.54) is 22.3 Å². The quantitative estimate of drug-likeness (QED) is 0.310. The Balaban J connectivity index is 1.32. The molecule has 5 rings (SSSR count). The summed E-state index contributed by atoms with van der Waals surface area (Å²) < 4.78 is 16.7. The molecule has 0 heterocycles. The van der Waals surface area contributed by atoms with Gasteiger partial charge >= 0.3 is 6.09 Å². The number of alkyl carbamates (subject to hydrolysis) is 1. The summed E-state index contributed by atoms with van der Waals surface area (Å²) >= 11 is 0. The Bertz CT molecular complexity index is 1350. The number of methoxy groups -OCH3 is 2. The van der Waals surface area contributed by atoms with Crippen LogP contribution >= 0.6 is 0 Å². The second-order valence-electron chi connectivity index (χ2n) is 8.96. The van der Waals surface area contributed by atoms with Crippen LogP contribution in [0.3, 0.4) is 0 Å². The molecule has 4 aromatic carbocycles. The predicted molar refractivity (Wildman–Crippen MR) is 143 cm³/mol. The van der Waals surface area contributed by atoms with Crippen molar-refractivity contribution in [3.63, 3.8) is 0 Å². The normalized spacial score (nSPS) is 12.8. The van der Waals surface area contributed by atoms with Gasteiger partial charge in [0.2, 0.25) is 0 Å². The van der Waals surface area contributed by atoms with E-state index < -0.39 is 6.09 Å². The van der Waals surface area contributed by atoms with E-state index in [1.807, 2.05) is 54.6 Å². The van der Waals surface area contributed by atoms with E-state index >= 15 is 0 Å². The lowest BCUT2D eigenvalue weighted by atomic mass is 9.90. The van der Waals surface area contributed by atoms with Crippen molar-refractivity contribution < 1.29 is 24.1 Å². The third kappa shape index (κ3) is 4.96. The number of hydrogen-bond acceptors (Lipinski definition) is 5. The molecule has 1 aliphatic rings. The van der Waals surface area contributed by atoms with Crippen LogP contribution in [0.1, 0.15) is 34.1 Å².